The van der Waals surface area contributed by atoms with Gasteiger partial charge in [-0.1, -0.05) is 0 Å². The number of imidazole rings is 1. The Morgan fingerprint density at radius 2 is 2.12 bits per heavy atom. The van der Waals surface area contributed by atoms with Crippen LogP contribution in [-0.2, 0) is 13.0 Å². The molecule has 0 radical (unpaired) electrons. The molecule has 0 aromatic carbocycles. The molecule has 4 nitrogen and oxygen atoms in total. The van der Waals surface area contributed by atoms with Crippen LogP contribution in [0.1, 0.15) is 12.1 Å². The molecule has 0 saturated heterocycles. The summed E-state index contributed by atoms with van der Waals surface area (Å²) in [5, 5.41) is 0. The third-order valence-electron chi connectivity index (χ3n) is 3.16. The molecule has 0 amide bonds. The summed E-state index contributed by atoms with van der Waals surface area (Å²) in [4.78, 5) is 8.63. The summed E-state index contributed by atoms with van der Waals surface area (Å²) in [6.07, 6.45) is 5.48. The summed E-state index contributed by atoms with van der Waals surface area (Å²) in [6, 6.07) is 4.21. The number of aromatic nitrogens is 3. The zero-order valence-corrected chi connectivity index (χ0v) is 10.9. The molecule has 17 heavy (non-hydrogen) atoms. The van der Waals surface area contributed by atoms with E-state index in [1.54, 1.807) is 12.4 Å². The fraction of sp³-hybridized carbons (Fsp3) is 0.333. The Hall–Kier alpha value is -1.20. The lowest BCUT2D eigenvalue weighted by Crippen LogP contribution is -2.30. The molecule has 2 aromatic heterocycles. The van der Waals surface area contributed by atoms with Gasteiger partial charge in [-0.15, -0.1) is 0 Å². The van der Waals surface area contributed by atoms with Gasteiger partial charge in [0, 0.05) is 42.7 Å². The monoisotopic (exact) mass is 292 g/mol. The molecule has 0 saturated carbocycles. The lowest BCUT2D eigenvalue weighted by atomic mass is 10.0. The van der Waals surface area contributed by atoms with Gasteiger partial charge in [-0.2, -0.15) is 0 Å². The molecule has 5 heteroatoms. The van der Waals surface area contributed by atoms with Crippen LogP contribution in [-0.4, -0.2) is 20.6 Å². The smallest absolute Gasteiger partial charge is 0.177 e. The maximum atomic E-state index is 6.04. The number of rotatable bonds is 1. The van der Waals surface area contributed by atoms with Crippen LogP contribution < -0.4 is 5.73 Å². The zero-order valence-electron chi connectivity index (χ0n) is 9.31. The van der Waals surface area contributed by atoms with E-state index in [4.69, 9.17) is 5.73 Å². The van der Waals surface area contributed by atoms with E-state index < -0.39 is 0 Å². The van der Waals surface area contributed by atoms with Crippen molar-refractivity contribution in [3.63, 3.8) is 0 Å². The van der Waals surface area contributed by atoms with Crippen molar-refractivity contribution in [2.75, 3.05) is 0 Å². The quantitative estimate of drug-likeness (QED) is 0.874. The van der Waals surface area contributed by atoms with Crippen molar-refractivity contribution >= 4 is 15.9 Å². The Morgan fingerprint density at radius 1 is 1.35 bits per heavy atom. The van der Waals surface area contributed by atoms with Gasteiger partial charge in [0.2, 0.25) is 0 Å². The number of pyridine rings is 1. The third kappa shape index (κ3) is 1.89. The van der Waals surface area contributed by atoms with Crippen molar-refractivity contribution < 1.29 is 0 Å². The molecule has 1 atom stereocenters. The van der Waals surface area contributed by atoms with Crippen LogP contribution in [0.3, 0.4) is 0 Å². The summed E-state index contributed by atoms with van der Waals surface area (Å²) < 4.78 is 3.10. The van der Waals surface area contributed by atoms with E-state index in [0.29, 0.717) is 0 Å². The standard InChI is InChI=1S/C12H13BrN4/c13-12-16-11(8-1-4-15-5-2-8)10-7-9(14)3-6-17(10)12/h1-2,4-5,9H,3,6-7,14H2. The van der Waals surface area contributed by atoms with Crippen molar-refractivity contribution in [1.29, 1.82) is 0 Å². The van der Waals surface area contributed by atoms with Crippen LogP contribution in [0.25, 0.3) is 11.3 Å². The van der Waals surface area contributed by atoms with E-state index in [2.05, 4.69) is 30.5 Å². The minimum absolute atomic E-state index is 0.242. The van der Waals surface area contributed by atoms with Crippen molar-refractivity contribution in [2.24, 2.45) is 5.73 Å². The summed E-state index contributed by atoms with van der Waals surface area (Å²) in [5.41, 5.74) is 9.38. The molecule has 1 aliphatic rings. The molecule has 88 valence electrons. The molecule has 3 heterocycles. The average molecular weight is 293 g/mol. The van der Waals surface area contributed by atoms with Gasteiger partial charge < -0.3 is 10.3 Å². The molecule has 0 spiro atoms. The summed E-state index contributed by atoms with van der Waals surface area (Å²) in [7, 11) is 0. The first-order chi connectivity index (χ1) is 8.25. The highest BCUT2D eigenvalue weighted by molar-refractivity contribution is 9.10. The van der Waals surface area contributed by atoms with E-state index in [0.717, 1.165) is 35.4 Å². The normalized spacial score (nSPS) is 19.1. The second-order valence-electron chi connectivity index (χ2n) is 4.32. The lowest BCUT2D eigenvalue weighted by molar-refractivity contribution is 0.467. The van der Waals surface area contributed by atoms with E-state index in [1.807, 2.05) is 12.1 Å². The SMILES string of the molecule is NC1CCn2c(Br)nc(-c3ccncc3)c2C1. The highest BCUT2D eigenvalue weighted by atomic mass is 79.9. The van der Waals surface area contributed by atoms with Crippen molar-refractivity contribution in [2.45, 2.75) is 25.4 Å². The predicted molar refractivity (Wildman–Crippen MR) is 69.5 cm³/mol. The number of nitrogens with two attached hydrogens (primary N) is 1. The molecule has 2 aromatic rings. The fourth-order valence-corrected chi connectivity index (χ4v) is 2.85. The molecular formula is C12H13BrN4. The highest BCUT2D eigenvalue weighted by Gasteiger charge is 2.23. The Bertz CT molecular complexity index is 535. The van der Waals surface area contributed by atoms with Crippen LogP contribution in [0.15, 0.2) is 29.3 Å². The second-order valence-corrected chi connectivity index (χ2v) is 5.03. The molecule has 0 fully saturated rings. The van der Waals surface area contributed by atoms with Crippen LogP contribution in [0.4, 0.5) is 0 Å². The largest absolute Gasteiger partial charge is 0.327 e. The van der Waals surface area contributed by atoms with E-state index in [9.17, 15) is 0 Å². The third-order valence-corrected chi connectivity index (χ3v) is 3.76. The number of hydrogen-bond donors (Lipinski definition) is 1. The zero-order chi connectivity index (χ0) is 11.8. The molecule has 0 bridgehead atoms. The lowest BCUT2D eigenvalue weighted by Gasteiger charge is -2.21. The highest BCUT2D eigenvalue weighted by Crippen LogP contribution is 2.30. The summed E-state index contributed by atoms with van der Waals surface area (Å²) in [5.74, 6) is 0. The minimum Gasteiger partial charge on any atom is -0.327 e. The molecule has 1 unspecified atom stereocenters. The maximum Gasteiger partial charge on any atom is 0.177 e. The average Bonchev–Trinajstić information content (AvgIpc) is 2.67. The van der Waals surface area contributed by atoms with Gasteiger partial charge >= 0.3 is 0 Å². The molecule has 0 aliphatic carbocycles. The molecule has 2 N–H and O–H groups in total. The Kier molecular flexibility index (Phi) is 2.72. The van der Waals surface area contributed by atoms with Gasteiger partial charge in [0.15, 0.2) is 4.73 Å². The Balaban J connectivity index is 2.13. The van der Waals surface area contributed by atoms with Gasteiger partial charge in [0.25, 0.3) is 0 Å². The second kappa shape index (κ2) is 4.23. The maximum absolute atomic E-state index is 6.04. The molecule has 1 aliphatic heterocycles. The van der Waals surface area contributed by atoms with Gasteiger partial charge in [-0.05, 0) is 34.5 Å². The van der Waals surface area contributed by atoms with Gasteiger partial charge in [0.05, 0.1) is 5.69 Å². The Morgan fingerprint density at radius 3 is 2.88 bits per heavy atom. The van der Waals surface area contributed by atoms with Crippen molar-refractivity contribution in [3.8, 4) is 11.3 Å². The van der Waals surface area contributed by atoms with E-state index >= 15 is 0 Å². The van der Waals surface area contributed by atoms with Crippen LogP contribution in [0.2, 0.25) is 0 Å². The first kappa shape index (κ1) is 10.9. The van der Waals surface area contributed by atoms with Gasteiger partial charge in [0.1, 0.15) is 0 Å². The van der Waals surface area contributed by atoms with Crippen molar-refractivity contribution in [3.05, 3.63) is 35.0 Å². The first-order valence-electron chi connectivity index (χ1n) is 5.66. The van der Waals surface area contributed by atoms with E-state index in [-0.39, 0.29) is 6.04 Å². The number of nitrogens with zero attached hydrogens (tertiary/aromatic N) is 3. The summed E-state index contributed by atoms with van der Waals surface area (Å²) >= 11 is 3.52. The van der Waals surface area contributed by atoms with Crippen LogP contribution in [0, 0.1) is 0 Å². The minimum atomic E-state index is 0.242. The molecule has 3 rings (SSSR count). The fourth-order valence-electron chi connectivity index (χ4n) is 2.28. The molecular weight excluding hydrogens is 280 g/mol. The topological polar surface area (TPSA) is 56.7 Å². The predicted octanol–water partition coefficient (Wildman–Crippen LogP) is 1.98. The summed E-state index contributed by atoms with van der Waals surface area (Å²) in [6.45, 7) is 0.940. The van der Waals surface area contributed by atoms with Gasteiger partial charge in [-0.25, -0.2) is 4.98 Å². The van der Waals surface area contributed by atoms with Gasteiger partial charge in [-0.3, -0.25) is 4.98 Å². The number of hydrogen-bond acceptors (Lipinski definition) is 3. The van der Waals surface area contributed by atoms with Crippen LogP contribution >= 0.6 is 15.9 Å². The van der Waals surface area contributed by atoms with E-state index in [1.165, 1.54) is 5.69 Å². The first-order valence-corrected chi connectivity index (χ1v) is 6.46. The van der Waals surface area contributed by atoms with Crippen molar-refractivity contribution in [1.82, 2.24) is 14.5 Å². The number of fused-ring (bicyclic) bond motifs is 1. The number of halogens is 1. The van der Waals surface area contributed by atoms with Crippen LogP contribution in [0.5, 0.6) is 0 Å². The Labute approximate surface area is 108 Å².